The molecule has 3 nitrogen and oxygen atoms in total. The molecule has 0 saturated carbocycles. The van der Waals surface area contributed by atoms with Crippen molar-refractivity contribution in [3.05, 3.63) is 23.8 Å². The van der Waals surface area contributed by atoms with Gasteiger partial charge >= 0.3 is 7.12 Å². The van der Waals surface area contributed by atoms with E-state index in [1.165, 1.54) is 10.5 Å². The molecular formula is C9H12BNO2S. The summed E-state index contributed by atoms with van der Waals surface area (Å²) in [5.41, 5.74) is 1.75. The molecule has 1 aliphatic heterocycles. The fourth-order valence-corrected chi connectivity index (χ4v) is 2.49. The summed E-state index contributed by atoms with van der Waals surface area (Å²) in [5, 5.41) is 18.0. The first-order chi connectivity index (χ1) is 6.70. The molecule has 0 aromatic heterocycles. The van der Waals surface area contributed by atoms with E-state index in [0.29, 0.717) is 5.46 Å². The molecule has 0 amide bonds. The number of benzene rings is 1. The first kappa shape index (κ1) is 10.0. The predicted molar refractivity (Wildman–Crippen MR) is 58.2 cm³/mol. The van der Waals surface area contributed by atoms with Gasteiger partial charge in [0, 0.05) is 18.0 Å². The molecule has 1 aliphatic rings. The molecule has 0 bridgehead atoms. The van der Waals surface area contributed by atoms with E-state index in [1.54, 1.807) is 18.0 Å². The molecule has 1 aromatic rings. The Morgan fingerprint density at radius 1 is 1.50 bits per heavy atom. The van der Waals surface area contributed by atoms with Gasteiger partial charge in [0.1, 0.15) is 0 Å². The van der Waals surface area contributed by atoms with Crippen LogP contribution in [-0.4, -0.2) is 28.0 Å². The zero-order valence-electron chi connectivity index (χ0n) is 7.97. The van der Waals surface area contributed by atoms with Gasteiger partial charge in [-0.1, -0.05) is 19.1 Å². The second-order valence-corrected chi connectivity index (χ2v) is 4.43. The van der Waals surface area contributed by atoms with Crippen molar-refractivity contribution in [2.75, 3.05) is 6.54 Å². The monoisotopic (exact) mass is 209 g/mol. The molecule has 2 N–H and O–H groups in total. The molecule has 5 heteroatoms. The summed E-state index contributed by atoms with van der Waals surface area (Å²) in [7, 11) is -1.36. The Morgan fingerprint density at radius 3 is 2.93 bits per heavy atom. The molecule has 0 unspecified atom stereocenters. The second-order valence-electron chi connectivity index (χ2n) is 3.29. The molecule has 0 aliphatic carbocycles. The van der Waals surface area contributed by atoms with E-state index in [-0.39, 0.29) is 0 Å². The van der Waals surface area contributed by atoms with Gasteiger partial charge in [-0.15, -0.1) is 0 Å². The molecule has 2 rings (SSSR count). The highest BCUT2D eigenvalue weighted by Gasteiger charge is 2.21. The maximum absolute atomic E-state index is 9.01. The number of nitrogens with zero attached hydrogens (tertiary/aromatic N) is 1. The maximum atomic E-state index is 9.01. The molecule has 0 spiro atoms. The van der Waals surface area contributed by atoms with Gasteiger partial charge in [0.2, 0.25) is 0 Å². The zero-order chi connectivity index (χ0) is 10.1. The van der Waals surface area contributed by atoms with Crippen molar-refractivity contribution >= 4 is 24.5 Å². The molecule has 0 fully saturated rings. The number of rotatable bonds is 2. The van der Waals surface area contributed by atoms with Crippen LogP contribution in [0.5, 0.6) is 0 Å². The normalized spacial score (nSPS) is 15.6. The highest BCUT2D eigenvalue weighted by atomic mass is 32.2. The summed E-state index contributed by atoms with van der Waals surface area (Å²) in [4.78, 5) is 1.22. The van der Waals surface area contributed by atoms with Crippen molar-refractivity contribution < 1.29 is 10.0 Å². The molecule has 1 aromatic carbocycles. The molecule has 74 valence electrons. The zero-order valence-corrected chi connectivity index (χ0v) is 8.79. The Labute approximate surface area is 88.0 Å². The van der Waals surface area contributed by atoms with Crippen LogP contribution in [0.25, 0.3) is 0 Å². The van der Waals surface area contributed by atoms with Gasteiger partial charge in [0.15, 0.2) is 0 Å². The minimum absolute atomic E-state index is 0.572. The Bertz CT molecular complexity index is 346. The van der Waals surface area contributed by atoms with Crippen molar-refractivity contribution in [1.29, 1.82) is 0 Å². The molecule has 14 heavy (non-hydrogen) atoms. The van der Waals surface area contributed by atoms with Crippen molar-refractivity contribution in [2.45, 2.75) is 18.4 Å². The topological polar surface area (TPSA) is 43.7 Å². The van der Waals surface area contributed by atoms with Gasteiger partial charge in [0.05, 0.1) is 0 Å². The summed E-state index contributed by atoms with van der Waals surface area (Å²) in [6.07, 6.45) is 0. The quantitative estimate of drug-likeness (QED) is 0.539. The molecule has 0 atom stereocenters. The van der Waals surface area contributed by atoms with Crippen LogP contribution in [0.4, 0.5) is 0 Å². The standard InChI is InChI=1S/C9H12BNO2S/c1-2-11-6-7-5-8(10(12)13)3-4-9(7)14-11/h3-5,12-13H,2,6H2,1H3. The number of hydrogen-bond acceptors (Lipinski definition) is 4. The minimum Gasteiger partial charge on any atom is -0.423 e. The Hall–Kier alpha value is -0.485. The van der Waals surface area contributed by atoms with Crippen LogP contribution >= 0.6 is 11.9 Å². The van der Waals surface area contributed by atoms with E-state index in [2.05, 4.69) is 11.2 Å². The smallest absolute Gasteiger partial charge is 0.423 e. The highest BCUT2D eigenvalue weighted by Crippen LogP contribution is 2.34. The van der Waals surface area contributed by atoms with Crippen LogP contribution in [0.3, 0.4) is 0 Å². The molecule has 0 saturated heterocycles. The van der Waals surface area contributed by atoms with Gasteiger partial charge in [-0.05, 0) is 29.0 Å². The lowest BCUT2D eigenvalue weighted by molar-refractivity contribution is 0.425. The second kappa shape index (κ2) is 3.94. The van der Waals surface area contributed by atoms with Gasteiger partial charge in [-0.2, -0.15) is 0 Å². The van der Waals surface area contributed by atoms with Crippen molar-refractivity contribution in [3.63, 3.8) is 0 Å². The van der Waals surface area contributed by atoms with E-state index in [4.69, 9.17) is 10.0 Å². The van der Waals surface area contributed by atoms with E-state index >= 15 is 0 Å². The maximum Gasteiger partial charge on any atom is 0.488 e. The van der Waals surface area contributed by atoms with Crippen LogP contribution in [0.1, 0.15) is 12.5 Å². The van der Waals surface area contributed by atoms with Gasteiger partial charge in [0.25, 0.3) is 0 Å². The molecule has 0 radical (unpaired) electrons. The van der Waals surface area contributed by atoms with Crippen molar-refractivity contribution in [3.8, 4) is 0 Å². The van der Waals surface area contributed by atoms with Crippen LogP contribution in [0.2, 0.25) is 0 Å². The number of hydrogen-bond donors (Lipinski definition) is 2. The first-order valence-corrected chi connectivity index (χ1v) is 5.40. The lowest BCUT2D eigenvalue weighted by atomic mass is 9.79. The van der Waals surface area contributed by atoms with Crippen LogP contribution in [-0.2, 0) is 6.54 Å². The van der Waals surface area contributed by atoms with Crippen LogP contribution < -0.4 is 5.46 Å². The lowest BCUT2D eigenvalue weighted by Gasteiger charge is -2.07. The van der Waals surface area contributed by atoms with Gasteiger partial charge in [-0.25, -0.2) is 4.31 Å². The third kappa shape index (κ3) is 1.81. The Balaban J connectivity index is 2.26. The predicted octanol–water partition coefficient (Wildman–Crippen LogP) is 0.209. The van der Waals surface area contributed by atoms with Crippen LogP contribution in [0.15, 0.2) is 23.1 Å². The SMILES string of the molecule is CCN1Cc2cc(B(O)O)ccc2S1. The van der Waals surface area contributed by atoms with Gasteiger partial charge < -0.3 is 10.0 Å². The third-order valence-electron chi connectivity index (χ3n) is 2.31. The summed E-state index contributed by atoms with van der Waals surface area (Å²) >= 11 is 1.73. The molecular weight excluding hydrogens is 197 g/mol. The average molecular weight is 209 g/mol. The van der Waals surface area contributed by atoms with Crippen molar-refractivity contribution in [2.24, 2.45) is 0 Å². The summed E-state index contributed by atoms with van der Waals surface area (Å²) < 4.78 is 2.23. The van der Waals surface area contributed by atoms with E-state index < -0.39 is 7.12 Å². The third-order valence-corrected chi connectivity index (χ3v) is 3.55. The van der Waals surface area contributed by atoms with E-state index in [0.717, 1.165) is 13.1 Å². The summed E-state index contributed by atoms with van der Waals surface area (Å²) in [5.74, 6) is 0. The number of fused-ring (bicyclic) bond motifs is 1. The average Bonchev–Trinajstić information content (AvgIpc) is 2.58. The van der Waals surface area contributed by atoms with Crippen LogP contribution in [0, 0.1) is 0 Å². The lowest BCUT2D eigenvalue weighted by Crippen LogP contribution is -2.29. The molecule has 1 heterocycles. The summed E-state index contributed by atoms with van der Waals surface area (Å²) in [6.45, 7) is 3.99. The minimum atomic E-state index is -1.36. The summed E-state index contributed by atoms with van der Waals surface area (Å²) in [6, 6.07) is 5.57. The largest absolute Gasteiger partial charge is 0.488 e. The van der Waals surface area contributed by atoms with Crippen molar-refractivity contribution in [1.82, 2.24) is 4.31 Å². The van der Waals surface area contributed by atoms with E-state index in [9.17, 15) is 0 Å². The van der Waals surface area contributed by atoms with Gasteiger partial charge in [-0.3, -0.25) is 0 Å². The van der Waals surface area contributed by atoms with E-state index in [1.807, 2.05) is 12.1 Å². The Kier molecular flexibility index (Phi) is 2.83. The fraction of sp³-hybridized carbons (Fsp3) is 0.333. The Morgan fingerprint density at radius 2 is 2.29 bits per heavy atom. The first-order valence-electron chi connectivity index (χ1n) is 4.62. The highest BCUT2D eigenvalue weighted by molar-refractivity contribution is 7.97. The fourth-order valence-electron chi connectivity index (χ4n) is 1.51.